The summed E-state index contributed by atoms with van der Waals surface area (Å²) in [5.74, 6) is 0.668. The SMILES string of the molecule is COc1ccc(Br)cc1Oc1nnc(Cl)cc1O. The maximum absolute atomic E-state index is 9.62. The Morgan fingerprint density at radius 2 is 2.00 bits per heavy atom. The molecule has 0 saturated carbocycles. The van der Waals surface area contributed by atoms with E-state index in [0.717, 1.165) is 4.47 Å². The molecule has 0 fully saturated rings. The smallest absolute Gasteiger partial charge is 0.281 e. The van der Waals surface area contributed by atoms with Crippen molar-refractivity contribution < 1.29 is 14.6 Å². The first-order valence-electron chi connectivity index (χ1n) is 4.83. The van der Waals surface area contributed by atoms with E-state index in [2.05, 4.69) is 26.1 Å². The molecular formula is C11H8BrClN2O3. The van der Waals surface area contributed by atoms with Crippen LogP contribution in [-0.4, -0.2) is 22.4 Å². The van der Waals surface area contributed by atoms with E-state index in [9.17, 15) is 5.11 Å². The molecule has 0 aliphatic heterocycles. The first-order chi connectivity index (χ1) is 8.60. The maximum atomic E-state index is 9.62. The van der Waals surface area contributed by atoms with Crippen LogP contribution in [0.15, 0.2) is 28.7 Å². The zero-order chi connectivity index (χ0) is 13.1. The van der Waals surface area contributed by atoms with Gasteiger partial charge in [-0.25, -0.2) is 0 Å². The molecule has 0 unspecified atom stereocenters. The number of aromatic nitrogens is 2. The van der Waals surface area contributed by atoms with Crippen LogP contribution in [0.3, 0.4) is 0 Å². The van der Waals surface area contributed by atoms with E-state index in [1.54, 1.807) is 18.2 Å². The molecule has 94 valence electrons. The monoisotopic (exact) mass is 330 g/mol. The van der Waals surface area contributed by atoms with Gasteiger partial charge in [-0.3, -0.25) is 0 Å². The lowest BCUT2D eigenvalue weighted by Crippen LogP contribution is -1.94. The quantitative estimate of drug-likeness (QED) is 0.934. The van der Waals surface area contributed by atoms with Crippen molar-refractivity contribution in [2.75, 3.05) is 7.11 Å². The molecular weight excluding hydrogens is 323 g/mol. The van der Waals surface area contributed by atoms with Crippen LogP contribution in [0.25, 0.3) is 0 Å². The summed E-state index contributed by atoms with van der Waals surface area (Å²) in [5, 5.41) is 17.0. The molecule has 0 atom stereocenters. The van der Waals surface area contributed by atoms with E-state index >= 15 is 0 Å². The van der Waals surface area contributed by atoms with Crippen LogP contribution in [0.2, 0.25) is 5.15 Å². The van der Waals surface area contributed by atoms with Gasteiger partial charge in [0.1, 0.15) is 0 Å². The Balaban J connectivity index is 2.36. The third-order valence-corrected chi connectivity index (χ3v) is 2.72. The van der Waals surface area contributed by atoms with E-state index in [1.807, 2.05) is 0 Å². The normalized spacial score (nSPS) is 10.2. The fourth-order valence-electron chi connectivity index (χ4n) is 1.25. The number of rotatable bonds is 3. The highest BCUT2D eigenvalue weighted by Crippen LogP contribution is 2.36. The lowest BCUT2D eigenvalue weighted by Gasteiger charge is -2.10. The van der Waals surface area contributed by atoms with Crippen LogP contribution >= 0.6 is 27.5 Å². The molecule has 18 heavy (non-hydrogen) atoms. The van der Waals surface area contributed by atoms with Crippen molar-refractivity contribution in [1.29, 1.82) is 0 Å². The molecule has 0 spiro atoms. The number of hydrogen-bond acceptors (Lipinski definition) is 5. The lowest BCUT2D eigenvalue weighted by atomic mass is 10.3. The van der Waals surface area contributed by atoms with Gasteiger partial charge in [0, 0.05) is 10.5 Å². The van der Waals surface area contributed by atoms with Gasteiger partial charge in [0.05, 0.1) is 7.11 Å². The van der Waals surface area contributed by atoms with Crippen LogP contribution < -0.4 is 9.47 Å². The Labute approximate surface area is 116 Å². The molecule has 0 saturated heterocycles. The number of nitrogens with zero attached hydrogens (tertiary/aromatic N) is 2. The van der Waals surface area contributed by atoms with Gasteiger partial charge >= 0.3 is 0 Å². The van der Waals surface area contributed by atoms with Crippen LogP contribution in [0.1, 0.15) is 0 Å². The molecule has 1 heterocycles. The zero-order valence-electron chi connectivity index (χ0n) is 9.22. The second kappa shape index (κ2) is 5.41. The Kier molecular flexibility index (Phi) is 3.88. The van der Waals surface area contributed by atoms with Crippen molar-refractivity contribution in [3.63, 3.8) is 0 Å². The van der Waals surface area contributed by atoms with Crippen LogP contribution in [0.5, 0.6) is 23.1 Å². The Morgan fingerprint density at radius 1 is 1.22 bits per heavy atom. The van der Waals surface area contributed by atoms with E-state index in [-0.39, 0.29) is 16.8 Å². The van der Waals surface area contributed by atoms with Crippen molar-refractivity contribution in [3.05, 3.63) is 33.9 Å². The highest BCUT2D eigenvalue weighted by atomic mass is 79.9. The molecule has 2 rings (SSSR count). The predicted octanol–water partition coefficient (Wildman–Crippen LogP) is 3.40. The molecule has 0 aliphatic rings. The minimum Gasteiger partial charge on any atom is -0.503 e. The molecule has 0 bridgehead atoms. The summed E-state index contributed by atoms with van der Waals surface area (Å²) in [6, 6.07) is 6.46. The summed E-state index contributed by atoms with van der Waals surface area (Å²) in [5.41, 5.74) is 0. The van der Waals surface area contributed by atoms with Gasteiger partial charge in [-0.15, -0.1) is 10.2 Å². The largest absolute Gasteiger partial charge is 0.503 e. The standard InChI is InChI=1S/C11H8BrClN2O3/c1-17-8-3-2-6(12)4-9(8)18-11-7(16)5-10(13)14-15-11/h2-5H,1H3,(H,14,16). The van der Waals surface area contributed by atoms with Gasteiger partial charge < -0.3 is 14.6 Å². The average Bonchev–Trinajstić information content (AvgIpc) is 2.33. The molecule has 0 aliphatic carbocycles. The van der Waals surface area contributed by atoms with Crippen molar-refractivity contribution in [2.24, 2.45) is 0 Å². The number of ether oxygens (including phenoxy) is 2. The highest BCUT2D eigenvalue weighted by molar-refractivity contribution is 9.10. The lowest BCUT2D eigenvalue weighted by molar-refractivity contribution is 0.355. The minimum atomic E-state index is -0.197. The summed E-state index contributed by atoms with van der Waals surface area (Å²) in [6.45, 7) is 0. The number of hydrogen-bond donors (Lipinski definition) is 1. The molecule has 0 amide bonds. The number of benzene rings is 1. The first-order valence-corrected chi connectivity index (χ1v) is 6.01. The molecule has 1 N–H and O–H groups in total. The number of halogens is 2. The third-order valence-electron chi connectivity index (χ3n) is 2.04. The van der Waals surface area contributed by atoms with Gasteiger partial charge in [-0.2, -0.15) is 0 Å². The fraction of sp³-hybridized carbons (Fsp3) is 0.0909. The maximum Gasteiger partial charge on any atom is 0.281 e. The molecule has 7 heteroatoms. The predicted molar refractivity (Wildman–Crippen MR) is 69.5 cm³/mol. The molecule has 5 nitrogen and oxygen atoms in total. The van der Waals surface area contributed by atoms with Crippen LogP contribution in [-0.2, 0) is 0 Å². The van der Waals surface area contributed by atoms with Gasteiger partial charge in [0.2, 0.25) is 0 Å². The van der Waals surface area contributed by atoms with E-state index in [1.165, 1.54) is 13.2 Å². The first kappa shape index (κ1) is 12.9. The van der Waals surface area contributed by atoms with Crippen molar-refractivity contribution in [2.45, 2.75) is 0 Å². The second-order valence-electron chi connectivity index (χ2n) is 3.25. The van der Waals surface area contributed by atoms with Gasteiger partial charge in [0.25, 0.3) is 5.88 Å². The molecule has 1 aromatic heterocycles. The van der Waals surface area contributed by atoms with Gasteiger partial charge in [-0.05, 0) is 18.2 Å². The minimum absolute atomic E-state index is 0.0456. The second-order valence-corrected chi connectivity index (χ2v) is 4.56. The van der Waals surface area contributed by atoms with E-state index in [4.69, 9.17) is 21.1 Å². The van der Waals surface area contributed by atoms with Crippen LogP contribution in [0, 0.1) is 0 Å². The molecule has 1 aromatic carbocycles. The molecule has 2 aromatic rings. The Morgan fingerprint density at radius 3 is 2.67 bits per heavy atom. The van der Waals surface area contributed by atoms with Crippen molar-refractivity contribution in [1.82, 2.24) is 10.2 Å². The molecule has 0 radical (unpaired) electrons. The summed E-state index contributed by atoms with van der Waals surface area (Å²) >= 11 is 8.90. The van der Waals surface area contributed by atoms with Gasteiger partial charge in [-0.1, -0.05) is 27.5 Å². The third kappa shape index (κ3) is 2.83. The van der Waals surface area contributed by atoms with E-state index < -0.39 is 0 Å². The zero-order valence-corrected chi connectivity index (χ0v) is 11.6. The Bertz CT molecular complexity index is 580. The Hall–Kier alpha value is -1.53. The number of aromatic hydroxyl groups is 1. The average molecular weight is 332 g/mol. The fourth-order valence-corrected chi connectivity index (χ4v) is 1.74. The van der Waals surface area contributed by atoms with Gasteiger partial charge in [0.15, 0.2) is 22.4 Å². The van der Waals surface area contributed by atoms with Crippen LogP contribution in [0.4, 0.5) is 0 Å². The van der Waals surface area contributed by atoms with E-state index in [0.29, 0.717) is 11.5 Å². The number of methoxy groups -OCH3 is 1. The highest BCUT2D eigenvalue weighted by Gasteiger charge is 2.11. The summed E-state index contributed by atoms with van der Waals surface area (Å²) in [7, 11) is 1.52. The summed E-state index contributed by atoms with van der Waals surface area (Å²) < 4.78 is 11.4. The van der Waals surface area contributed by atoms with Crippen molar-refractivity contribution >= 4 is 27.5 Å². The van der Waals surface area contributed by atoms with Crippen molar-refractivity contribution in [3.8, 4) is 23.1 Å². The summed E-state index contributed by atoms with van der Waals surface area (Å²) in [6.07, 6.45) is 0. The topological polar surface area (TPSA) is 64.5 Å². The summed E-state index contributed by atoms with van der Waals surface area (Å²) in [4.78, 5) is 0.